The van der Waals surface area contributed by atoms with Crippen LogP contribution in [0.25, 0.3) is 0 Å². The van der Waals surface area contributed by atoms with Gasteiger partial charge in [0, 0.05) is 24.9 Å². The summed E-state index contributed by atoms with van der Waals surface area (Å²) in [6, 6.07) is 0. The number of thioether (sulfide) groups is 1. The lowest BCUT2D eigenvalue weighted by Gasteiger charge is -2.27. The van der Waals surface area contributed by atoms with Crippen LogP contribution in [0.4, 0.5) is 0 Å². The third-order valence-electron chi connectivity index (χ3n) is 4.27. The maximum Gasteiger partial charge on any atom is 0.191 e. The van der Waals surface area contributed by atoms with Crippen molar-refractivity contribution in [3.05, 3.63) is 0 Å². The summed E-state index contributed by atoms with van der Waals surface area (Å²) in [7, 11) is 1.79. The highest BCUT2D eigenvalue weighted by atomic mass is 127. The van der Waals surface area contributed by atoms with Crippen LogP contribution in [0.15, 0.2) is 4.99 Å². The van der Waals surface area contributed by atoms with Crippen molar-refractivity contribution in [2.24, 2.45) is 4.99 Å². The van der Waals surface area contributed by atoms with Crippen molar-refractivity contribution >= 4 is 41.7 Å². The van der Waals surface area contributed by atoms with Crippen molar-refractivity contribution in [3.63, 3.8) is 0 Å². The summed E-state index contributed by atoms with van der Waals surface area (Å²) in [5.41, 5.74) is -0.524. The van der Waals surface area contributed by atoms with Crippen molar-refractivity contribution in [3.8, 4) is 0 Å². The second-order valence-corrected chi connectivity index (χ2v) is 7.80. The highest BCUT2D eigenvalue weighted by Crippen LogP contribution is 2.36. The number of nitrogens with zero attached hydrogens (tertiary/aromatic N) is 1. The van der Waals surface area contributed by atoms with Gasteiger partial charge in [0.1, 0.15) is 0 Å². The Kier molecular flexibility index (Phi) is 7.41. The van der Waals surface area contributed by atoms with Gasteiger partial charge in [-0.2, -0.15) is 11.8 Å². The van der Waals surface area contributed by atoms with Gasteiger partial charge >= 0.3 is 0 Å². The Labute approximate surface area is 144 Å². The molecule has 0 aromatic carbocycles. The summed E-state index contributed by atoms with van der Waals surface area (Å²) in [4.78, 5) is 4.25. The molecule has 1 unspecified atom stereocenters. The minimum Gasteiger partial charge on any atom is -0.388 e. The van der Waals surface area contributed by atoms with Crippen LogP contribution < -0.4 is 10.6 Å². The summed E-state index contributed by atoms with van der Waals surface area (Å²) < 4.78 is 0.335. The van der Waals surface area contributed by atoms with Gasteiger partial charge in [0.15, 0.2) is 5.96 Å². The lowest BCUT2D eigenvalue weighted by atomic mass is 10.0. The van der Waals surface area contributed by atoms with Crippen LogP contribution in [0.5, 0.6) is 0 Å². The molecule has 20 heavy (non-hydrogen) atoms. The normalized spacial score (nSPS) is 29.1. The molecule has 2 rings (SSSR count). The van der Waals surface area contributed by atoms with Crippen molar-refractivity contribution in [2.45, 2.75) is 55.8 Å². The Morgan fingerprint density at radius 1 is 1.15 bits per heavy atom. The summed E-state index contributed by atoms with van der Waals surface area (Å²) in [6.07, 6.45) is 6.67. The average Bonchev–Trinajstić information content (AvgIpc) is 3.00. The quantitative estimate of drug-likeness (QED) is 0.376. The van der Waals surface area contributed by atoms with E-state index in [0.717, 1.165) is 38.2 Å². The van der Waals surface area contributed by atoms with E-state index in [4.69, 9.17) is 0 Å². The zero-order valence-electron chi connectivity index (χ0n) is 12.6. The summed E-state index contributed by atoms with van der Waals surface area (Å²) in [5, 5.41) is 17.0. The van der Waals surface area contributed by atoms with Gasteiger partial charge in [-0.1, -0.05) is 12.8 Å². The first-order chi connectivity index (χ1) is 9.05. The molecular weight excluding hydrogens is 385 g/mol. The standard InChI is InChI=1S/C14H27N3OS.HI/c1-13(6-5-9-19-13)10-16-12(15-2)17-11-14(18)7-3-4-8-14;/h18H,3-11H2,1-2H3,(H2,15,16,17);1H. The number of hydrogen-bond acceptors (Lipinski definition) is 3. The van der Waals surface area contributed by atoms with Gasteiger partial charge < -0.3 is 15.7 Å². The second kappa shape index (κ2) is 8.08. The van der Waals surface area contributed by atoms with Crippen LogP contribution >= 0.6 is 35.7 Å². The summed E-state index contributed by atoms with van der Waals surface area (Å²) >= 11 is 2.05. The first-order valence-corrected chi connectivity index (χ1v) is 8.35. The van der Waals surface area contributed by atoms with Crippen molar-refractivity contribution in [2.75, 3.05) is 25.9 Å². The number of rotatable bonds is 4. The predicted molar refractivity (Wildman–Crippen MR) is 98.3 cm³/mol. The van der Waals surface area contributed by atoms with Crippen LogP contribution in [-0.2, 0) is 0 Å². The van der Waals surface area contributed by atoms with Gasteiger partial charge in [-0.25, -0.2) is 0 Å². The molecule has 118 valence electrons. The minimum absolute atomic E-state index is 0. The summed E-state index contributed by atoms with van der Waals surface area (Å²) in [5.74, 6) is 2.08. The molecule has 1 aliphatic carbocycles. The van der Waals surface area contributed by atoms with Gasteiger partial charge in [-0.05, 0) is 38.4 Å². The molecule has 6 heteroatoms. The molecule has 1 heterocycles. The topological polar surface area (TPSA) is 56.7 Å². The zero-order valence-corrected chi connectivity index (χ0v) is 15.7. The molecule has 4 nitrogen and oxygen atoms in total. The number of guanidine groups is 1. The highest BCUT2D eigenvalue weighted by Gasteiger charge is 2.32. The molecule has 2 fully saturated rings. The van der Waals surface area contributed by atoms with E-state index in [9.17, 15) is 5.11 Å². The minimum atomic E-state index is -0.524. The molecule has 0 amide bonds. The Balaban J connectivity index is 0.00000200. The van der Waals surface area contributed by atoms with Crippen molar-refractivity contribution < 1.29 is 5.11 Å². The van der Waals surface area contributed by atoms with E-state index in [0.29, 0.717) is 11.3 Å². The number of halogens is 1. The first-order valence-electron chi connectivity index (χ1n) is 7.36. The molecule has 2 aliphatic rings. The molecule has 0 aromatic heterocycles. The molecule has 1 saturated carbocycles. The SMILES string of the molecule is CN=C(NCC1(O)CCCC1)NCC1(C)CCCS1.I. The number of hydrogen-bond donors (Lipinski definition) is 3. The van der Waals surface area contributed by atoms with Crippen LogP contribution in [0.2, 0.25) is 0 Å². The molecule has 0 bridgehead atoms. The van der Waals surface area contributed by atoms with Gasteiger partial charge in [0.25, 0.3) is 0 Å². The lowest BCUT2D eigenvalue weighted by Crippen LogP contribution is -2.48. The lowest BCUT2D eigenvalue weighted by molar-refractivity contribution is 0.0522. The van der Waals surface area contributed by atoms with Crippen LogP contribution in [0, 0.1) is 0 Å². The zero-order chi connectivity index (χ0) is 13.8. The van der Waals surface area contributed by atoms with E-state index >= 15 is 0 Å². The molecule has 0 aromatic rings. The maximum atomic E-state index is 10.3. The molecule has 0 radical (unpaired) electrons. The molecular formula is C14H28IN3OS. The summed E-state index contributed by atoms with van der Waals surface area (Å²) in [6.45, 7) is 3.86. The van der Waals surface area contributed by atoms with E-state index < -0.39 is 5.60 Å². The first kappa shape index (κ1) is 18.4. The number of nitrogens with one attached hydrogen (secondary N) is 2. The fourth-order valence-corrected chi connectivity index (χ4v) is 4.17. The van der Waals surface area contributed by atoms with E-state index in [2.05, 4.69) is 22.5 Å². The molecule has 1 saturated heterocycles. The van der Waals surface area contributed by atoms with Crippen LogP contribution in [-0.4, -0.2) is 47.3 Å². The predicted octanol–water partition coefficient (Wildman–Crippen LogP) is 2.36. The molecule has 1 aliphatic heterocycles. The second-order valence-electron chi connectivity index (χ2n) is 6.11. The van der Waals surface area contributed by atoms with Crippen LogP contribution in [0.1, 0.15) is 45.4 Å². The Bertz CT molecular complexity index is 298. The van der Waals surface area contributed by atoms with Gasteiger partial charge in [0.05, 0.1) is 5.60 Å². The van der Waals surface area contributed by atoms with Gasteiger partial charge in [-0.15, -0.1) is 24.0 Å². The van der Waals surface area contributed by atoms with Gasteiger partial charge in [-0.3, -0.25) is 4.99 Å². The van der Waals surface area contributed by atoms with Crippen LogP contribution in [0.3, 0.4) is 0 Å². The van der Waals surface area contributed by atoms with Crippen molar-refractivity contribution in [1.82, 2.24) is 10.6 Å². The molecule has 1 atom stereocenters. The Morgan fingerprint density at radius 2 is 1.80 bits per heavy atom. The Morgan fingerprint density at radius 3 is 2.35 bits per heavy atom. The Hall–Kier alpha value is 0.310. The maximum absolute atomic E-state index is 10.3. The third-order valence-corrected chi connectivity index (χ3v) is 5.81. The monoisotopic (exact) mass is 413 g/mol. The van der Waals surface area contributed by atoms with E-state index in [1.807, 2.05) is 11.8 Å². The smallest absolute Gasteiger partial charge is 0.191 e. The van der Waals surface area contributed by atoms with E-state index in [-0.39, 0.29) is 24.0 Å². The van der Waals surface area contributed by atoms with E-state index in [1.54, 1.807) is 7.05 Å². The fourth-order valence-electron chi connectivity index (χ4n) is 2.93. The number of aliphatic hydroxyl groups is 1. The fraction of sp³-hybridized carbons (Fsp3) is 0.929. The van der Waals surface area contributed by atoms with Crippen molar-refractivity contribution in [1.29, 1.82) is 0 Å². The number of aliphatic imine (C=N–C) groups is 1. The largest absolute Gasteiger partial charge is 0.388 e. The van der Waals surface area contributed by atoms with E-state index in [1.165, 1.54) is 18.6 Å². The molecule has 0 spiro atoms. The average molecular weight is 413 g/mol. The molecule has 3 N–H and O–H groups in total. The third kappa shape index (κ3) is 5.26. The highest BCUT2D eigenvalue weighted by molar-refractivity contribution is 14.0. The van der Waals surface area contributed by atoms with Gasteiger partial charge in [0.2, 0.25) is 0 Å².